The normalized spacial score (nSPS) is 20.6. The molecule has 2 fully saturated rings. The van der Waals surface area contributed by atoms with Crippen molar-refractivity contribution in [3.8, 4) is 0 Å². The van der Waals surface area contributed by atoms with Crippen LogP contribution in [0.4, 0.5) is 11.9 Å². The van der Waals surface area contributed by atoms with Gasteiger partial charge in [0, 0.05) is 11.6 Å². The van der Waals surface area contributed by atoms with Crippen LogP contribution in [-0.2, 0) is 0 Å². The third-order valence-electron chi connectivity index (χ3n) is 4.33. The van der Waals surface area contributed by atoms with Crippen LogP contribution in [-0.4, -0.2) is 26.5 Å². The summed E-state index contributed by atoms with van der Waals surface area (Å²) < 4.78 is 0. The van der Waals surface area contributed by atoms with Crippen LogP contribution in [0, 0.1) is 11.8 Å². The van der Waals surface area contributed by atoms with Gasteiger partial charge in [0.05, 0.1) is 0 Å². The first-order valence-corrected chi connectivity index (χ1v) is 7.78. The van der Waals surface area contributed by atoms with Gasteiger partial charge in [0.1, 0.15) is 0 Å². The number of hydrogen-bond donors (Lipinski definition) is 2. The van der Waals surface area contributed by atoms with Gasteiger partial charge in [0.15, 0.2) is 0 Å². The van der Waals surface area contributed by atoms with Crippen molar-refractivity contribution >= 4 is 23.5 Å². The first-order valence-electron chi connectivity index (χ1n) is 7.40. The zero-order valence-corrected chi connectivity index (χ0v) is 13.0. The SMILES string of the molecule is CC(Nc1nc(Cl)nc(NC(C)(C)C2CC2)n1)C1CC1. The lowest BCUT2D eigenvalue weighted by Gasteiger charge is -2.26. The molecule has 2 saturated carbocycles. The molecule has 1 aromatic heterocycles. The number of nitrogens with zero attached hydrogens (tertiary/aromatic N) is 3. The molecule has 0 aromatic carbocycles. The summed E-state index contributed by atoms with van der Waals surface area (Å²) in [7, 11) is 0. The highest BCUT2D eigenvalue weighted by atomic mass is 35.5. The summed E-state index contributed by atoms with van der Waals surface area (Å²) in [4.78, 5) is 12.8. The second-order valence-corrected chi connectivity index (χ2v) is 6.98. The fourth-order valence-corrected chi connectivity index (χ4v) is 2.74. The molecule has 0 spiro atoms. The highest BCUT2D eigenvalue weighted by Crippen LogP contribution is 2.40. The third-order valence-corrected chi connectivity index (χ3v) is 4.49. The second kappa shape index (κ2) is 5.02. The predicted octanol–water partition coefficient (Wildman–Crippen LogP) is 3.34. The maximum absolute atomic E-state index is 6.01. The Kier molecular flexibility index (Phi) is 3.48. The van der Waals surface area contributed by atoms with Gasteiger partial charge in [-0.2, -0.15) is 15.0 Å². The highest BCUT2D eigenvalue weighted by Gasteiger charge is 2.38. The van der Waals surface area contributed by atoms with E-state index >= 15 is 0 Å². The van der Waals surface area contributed by atoms with E-state index in [1.807, 2.05) is 0 Å². The molecule has 0 aliphatic heterocycles. The molecule has 20 heavy (non-hydrogen) atoms. The number of hydrogen-bond acceptors (Lipinski definition) is 5. The summed E-state index contributed by atoms with van der Waals surface area (Å²) in [6.07, 6.45) is 5.10. The van der Waals surface area contributed by atoms with E-state index in [-0.39, 0.29) is 10.8 Å². The van der Waals surface area contributed by atoms with Crippen molar-refractivity contribution in [1.82, 2.24) is 15.0 Å². The summed E-state index contributed by atoms with van der Waals surface area (Å²) in [6, 6.07) is 0.387. The lowest BCUT2D eigenvalue weighted by Crippen LogP contribution is -2.34. The van der Waals surface area contributed by atoms with Crippen molar-refractivity contribution in [2.75, 3.05) is 10.6 Å². The lowest BCUT2D eigenvalue weighted by molar-refractivity contribution is 0.490. The van der Waals surface area contributed by atoms with Crippen LogP contribution < -0.4 is 10.6 Å². The van der Waals surface area contributed by atoms with Crippen molar-refractivity contribution in [2.24, 2.45) is 11.8 Å². The van der Waals surface area contributed by atoms with Crippen LogP contribution >= 0.6 is 11.6 Å². The van der Waals surface area contributed by atoms with Gasteiger partial charge in [-0.25, -0.2) is 0 Å². The van der Waals surface area contributed by atoms with Gasteiger partial charge < -0.3 is 10.6 Å². The van der Waals surface area contributed by atoms with Crippen LogP contribution in [0.5, 0.6) is 0 Å². The minimum Gasteiger partial charge on any atom is -0.351 e. The maximum Gasteiger partial charge on any atom is 0.229 e. The summed E-state index contributed by atoms with van der Waals surface area (Å²) in [5.41, 5.74) is 0.00403. The van der Waals surface area contributed by atoms with E-state index in [0.29, 0.717) is 23.9 Å². The van der Waals surface area contributed by atoms with Crippen LogP contribution in [0.15, 0.2) is 0 Å². The minimum atomic E-state index is 0.00403. The number of aromatic nitrogens is 3. The molecule has 1 heterocycles. The standard InChI is InChI=1S/C14H22ClN5/c1-8(9-4-5-9)16-12-17-11(15)18-13(19-12)20-14(2,3)10-6-7-10/h8-10H,4-7H2,1-3H3,(H2,16,17,18,19,20). The number of halogens is 1. The third kappa shape index (κ3) is 3.32. The Hall–Kier alpha value is -1.10. The van der Waals surface area contributed by atoms with Gasteiger partial charge in [-0.05, 0) is 69.9 Å². The topological polar surface area (TPSA) is 62.7 Å². The van der Waals surface area contributed by atoms with Gasteiger partial charge in [-0.15, -0.1) is 0 Å². The van der Waals surface area contributed by atoms with Crippen molar-refractivity contribution in [1.29, 1.82) is 0 Å². The fraction of sp³-hybridized carbons (Fsp3) is 0.786. The molecule has 1 atom stereocenters. The molecule has 6 heteroatoms. The molecule has 3 rings (SSSR count). The molecule has 1 unspecified atom stereocenters. The van der Waals surface area contributed by atoms with Crippen LogP contribution in [0.2, 0.25) is 5.28 Å². The molecule has 1 aromatic rings. The molecule has 0 bridgehead atoms. The van der Waals surface area contributed by atoms with E-state index in [4.69, 9.17) is 11.6 Å². The van der Waals surface area contributed by atoms with E-state index < -0.39 is 0 Å². The number of anilines is 2. The van der Waals surface area contributed by atoms with Gasteiger partial charge in [-0.1, -0.05) is 0 Å². The molecule has 0 radical (unpaired) electrons. The van der Waals surface area contributed by atoms with Crippen LogP contribution in [0.25, 0.3) is 0 Å². The Labute approximate surface area is 124 Å². The summed E-state index contributed by atoms with van der Waals surface area (Å²) in [5, 5.41) is 6.96. The largest absolute Gasteiger partial charge is 0.351 e. The Morgan fingerprint density at radius 1 is 1.10 bits per heavy atom. The maximum atomic E-state index is 6.01. The van der Waals surface area contributed by atoms with Crippen molar-refractivity contribution in [2.45, 2.75) is 58.0 Å². The first-order chi connectivity index (χ1) is 9.44. The highest BCUT2D eigenvalue weighted by molar-refractivity contribution is 6.28. The molecule has 2 N–H and O–H groups in total. The number of rotatable bonds is 6. The monoisotopic (exact) mass is 295 g/mol. The summed E-state index contributed by atoms with van der Waals surface area (Å²) in [6.45, 7) is 6.53. The Morgan fingerprint density at radius 2 is 1.75 bits per heavy atom. The zero-order valence-electron chi connectivity index (χ0n) is 12.3. The van der Waals surface area contributed by atoms with Gasteiger partial charge in [-0.3, -0.25) is 0 Å². The smallest absolute Gasteiger partial charge is 0.229 e. The van der Waals surface area contributed by atoms with E-state index in [0.717, 1.165) is 5.92 Å². The summed E-state index contributed by atoms with van der Waals surface area (Å²) in [5.74, 6) is 2.57. The average Bonchev–Trinajstić information content (AvgIpc) is 3.19. The van der Waals surface area contributed by atoms with Crippen LogP contribution in [0.1, 0.15) is 46.5 Å². The molecular formula is C14H22ClN5. The Morgan fingerprint density at radius 3 is 2.35 bits per heavy atom. The molecule has 2 aliphatic rings. The van der Waals surface area contributed by atoms with Crippen molar-refractivity contribution < 1.29 is 0 Å². The lowest BCUT2D eigenvalue weighted by atomic mass is 9.99. The molecule has 2 aliphatic carbocycles. The van der Waals surface area contributed by atoms with E-state index in [1.54, 1.807) is 0 Å². The van der Waals surface area contributed by atoms with E-state index in [1.165, 1.54) is 25.7 Å². The number of nitrogens with one attached hydrogen (secondary N) is 2. The van der Waals surface area contributed by atoms with Crippen molar-refractivity contribution in [3.63, 3.8) is 0 Å². The molecule has 5 nitrogen and oxygen atoms in total. The van der Waals surface area contributed by atoms with Gasteiger partial charge in [0.2, 0.25) is 17.2 Å². The van der Waals surface area contributed by atoms with E-state index in [9.17, 15) is 0 Å². The molecular weight excluding hydrogens is 274 g/mol. The minimum absolute atomic E-state index is 0.00403. The quantitative estimate of drug-likeness (QED) is 0.843. The Bertz CT molecular complexity index is 496. The zero-order chi connectivity index (χ0) is 14.3. The van der Waals surface area contributed by atoms with Crippen molar-refractivity contribution in [3.05, 3.63) is 5.28 Å². The average molecular weight is 296 g/mol. The van der Waals surface area contributed by atoms with E-state index in [2.05, 4.69) is 46.4 Å². The second-order valence-electron chi connectivity index (χ2n) is 6.64. The molecule has 110 valence electrons. The first kappa shape index (κ1) is 13.9. The molecule has 0 saturated heterocycles. The van der Waals surface area contributed by atoms with Gasteiger partial charge >= 0.3 is 0 Å². The summed E-state index contributed by atoms with van der Waals surface area (Å²) >= 11 is 6.01. The fourth-order valence-electron chi connectivity index (χ4n) is 2.58. The van der Waals surface area contributed by atoms with Gasteiger partial charge in [0.25, 0.3) is 0 Å². The molecule has 0 amide bonds. The Balaban J connectivity index is 1.71. The predicted molar refractivity (Wildman–Crippen MR) is 81.1 cm³/mol. The van der Waals surface area contributed by atoms with Crippen LogP contribution in [0.3, 0.4) is 0 Å².